The zero-order chi connectivity index (χ0) is 22.8. The Morgan fingerprint density at radius 1 is 1.19 bits per heavy atom. The molecule has 3 aliphatic heterocycles. The van der Waals surface area contributed by atoms with E-state index >= 15 is 0 Å². The fourth-order valence-electron chi connectivity index (χ4n) is 5.45. The number of epoxide rings is 3. The SMILES string of the molecule is CO[C@H]1C(C2(C)O[C@@H]2C[C@@H]2OC2(C)C)[C@]2(CC[C@H]1OC(=O)N[C@@H](C(N)=O)C(C)C)CO2. The van der Waals surface area contributed by atoms with Gasteiger partial charge in [0.05, 0.1) is 30.3 Å². The Hall–Kier alpha value is -1.42. The molecule has 4 fully saturated rings. The second-order valence-electron chi connectivity index (χ2n) is 10.5. The third-order valence-corrected chi connectivity index (χ3v) is 7.59. The van der Waals surface area contributed by atoms with Gasteiger partial charge in [0.15, 0.2) is 0 Å². The molecule has 1 aliphatic carbocycles. The van der Waals surface area contributed by atoms with Gasteiger partial charge >= 0.3 is 6.09 Å². The predicted molar refractivity (Wildman–Crippen MR) is 110 cm³/mol. The molecule has 0 aromatic carbocycles. The van der Waals surface area contributed by atoms with E-state index in [1.807, 2.05) is 13.8 Å². The van der Waals surface area contributed by atoms with Crippen molar-refractivity contribution in [1.29, 1.82) is 0 Å². The summed E-state index contributed by atoms with van der Waals surface area (Å²) >= 11 is 0. The average Bonchev–Trinajstić information content (AvgIpc) is 3.62. The number of carbonyl (C=O) groups is 2. The molecule has 4 aliphatic rings. The van der Waals surface area contributed by atoms with Crippen LogP contribution >= 0.6 is 0 Å². The van der Waals surface area contributed by atoms with E-state index in [-0.39, 0.29) is 41.3 Å². The molecule has 3 saturated heterocycles. The zero-order valence-electron chi connectivity index (χ0n) is 19.3. The molecule has 8 atom stereocenters. The van der Waals surface area contributed by atoms with Crippen LogP contribution < -0.4 is 11.1 Å². The van der Waals surface area contributed by atoms with Crippen LogP contribution in [0.5, 0.6) is 0 Å². The quantitative estimate of drug-likeness (QED) is 0.548. The molecule has 1 saturated carbocycles. The Balaban J connectivity index is 1.44. The molecule has 31 heavy (non-hydrogen) atoms. The summed E-state index contributed by atoms with van der Waals surface area (Å²) in [6.07, 6.45) is 0.934. The van der Waals surface area contributed by atoms with Crippen LogP contribution in [0.4, 0.5) is 4.79 Å². The van der Waals surface area contributed by atoms with Crippen LogP contribution in [-0.2, 0) is 28.5 Å². The van der Waals surface area contributed by atoms with Gasteiger partial charge in [0, 0.05) is 13.5 Å². The number of carbonyl (C=O) groups excluding carboxylic acids is 2. The van der Waals surface area contributed by atoms with Crippen molar-refractivity contribution in [1.82, 2.24) is 5.32 Å². The van der Waals surface area contributed by atoms with Gasteiger partial charge in [0.25, 0.3) is 0 Å². The van der Waals surface area contributed by atoms with E-state index in [2.05, 4.69) is 26.1 Å². The summed E-state index contributed by atoms with van der Waals surface area (Å²) in [5, 5.41) is 2.60. The summed E-state index contributed by atoms with van der Waals surface area (Å²) < 4.78 is 29.5. The van der Waals surface area contributed by atoms with Gasteiger partial charge in [-0.1, -0.05) is 13.8 Å². The smallest absolute Gasteiger partial charge is 0.408 e. The Bertz CT molecular complexity index is 737. The van der Waals surface area contributed by atoms with E-state index in [0.29, 0.717) is 13.0 Å². The first-order valence-corrected chi connectivity index (χ1v) is 11.2. The first-order valence-electron chi connectivity index (χ1n) is 11.2. The van der Waals surface area contributed by atoms with Crippen LogP contribution in [0.1, 0.15) is 53.9 Å². The highest BCUT2D eigenvalue weighted by Gasteiger charge is 2.73. The van der Waals surface area contributed by atoms with Crippen LogP contribution in [0.25, 0.3) is 0 Å². The minimum absolute atomic E-state index is 0.0516. The molecular weight excluding hydrogens is 404 g/mol. The molecule has 176 valence electrons. The Morgan fingerprint density at radius 3 is 2.32 bits per heavy atom. The largest absolute Gasteiger partial charge is 0.443 e. The van der Waals surface area contributed by atoms with Crippen molar-refractivity contribution < 1.29 is 33.3 Å². The lowest BCUT2D eigenvalue weighted by Gasteiger charge is -2.42. The van der Waals surface area contributed by atoms with Gasteiger partial charge < -0.3 is 34.7 Å². The lowest BCUT2D eigenvalue weighted by atomic mass is 9.68. The van der Waals surface area contributed by atoms with Crippen LogP contribution in [-0.4, -0.2) is 73.0 Å². The van der Waals surface area contributed by atoms with Crippen LogP contribution in [0, 0.1) is 11.8 Å². The van der Waals surface area contributed by atoms with Gasteiger partial charge in [-0.05, 0) is 39.5 Å². The maximum absolute atomic E-state index is 12.6. The van der Waals surface area contributed by atoms with Gasteiger partial charge in [-0.3, -0.25) is 4.79 Å². The van der Waals surface area contributed by atoms with Crippen molar-refractivity contribution in [3.05, 3.63) is 0 Å². The Morgan fingerprint density at radius 2 is 1.84 bits per heavy atom. The summed E-state index contributed by atoms with van der Waals surface area (Å²) in [7, 11) is 1.63. The first kappa shape index (κ1) is 22.8. The number of amides is 2. The normalized spacial score (nSPS) is 43.4. The number of ether oxygens (including phenoxy) is 5. The standard InChI is InChI=1S/C22H36N2O7/c1-11(2)15(18(23)25)24-19(26)29-12-7-8-22(10-28-22)17(16(12)27-6)21(5)14(31-21)9-13-20(3,4)30-13/h11-17H,7-10H2,1-6H3,(H2,23,25)(H,24,26)/t12-,13+,14-,15-,16-,17?,21?,22+/m1/s1. The van der Waals surface area contributed by atoms with Gasteiger partial charge in [0.1, 0.15) is 29.5 Å². The molecule has 0 radical (unpaired) electrons. The highest BCUT2D eigenvalue weighted by atomic mass is 16.6. The van der Waals surface area contributed by atoms with Crippen LogP contribution in [0.2, 0.25) is 0 Å². The lowest BCUT2D eigenvalue weighted by molar-refractivity contribution is -0.123. The monoisotopic (exact) mass is 440 g/mol. The van der Waals surface area contributed by atoms with E-state index in [4.69, 9.17) is 29.4 Å². The van der Waals surface area contributed by atoms with Gasteiger partial charge in [-0.2, -0.15) is 0 Å². The molecule has 3 heterocycles. The molecule has 3 N–H and O–H groups in total. The number of hydrogen-bond donors (Lipinski definition) is 2. The van der Waals surface area contributed by atoms with Crippen molar-refractivity contribution in [3.8, 4) is 0 Å². The fraction of sp³-hybridized carbons (Fsp3) is 0.909. The molecular formula is C22H36N2O7. The number of hydrogen-bond acceptors (Lipinski definition) is 7. The molecule has 0 bridgehead atoms. The van der Waals surface area contributed by atoms with Gasteiger partial charge in [0.2, 0.25) is 5.91 Å². The molecule has 0 aromatic heterocycles. The van der Waals surface area contributed by atoms with Gasteiger partial charge in [-0.15, -0.1) is 0 Å². The third kappa shape index (κ3) is 4.17. The highest BCUT2D eigenvalue weighted by molar-refractivity contribution is 5.84. The molecule has 1 spiro atoms. The minimum atomic E-state index is -0.790. The number of alkyl carbamates (subject to hydrolysis) is 1. The second kappa shape index (κ2) is 7.57. The van der Waals surface area contributed by atoms with E-state index < -0.39 is 29.7 Å². The van der Waals surface area contributed by atoms with E-state index in [9.17, 15) is 9.59 Å². The maximum Gasteiger partial charge on any atom is 0.408 e. The summed E-state index contributed by atoms with van der Waals surface area (Å²) in [6, 6.07) is -0.790. The lowest BCUT2D eigenvalue weighted by Crippen LogP contribution is -2.57. The van der Waals surface area contributed by atoms with Crippen molar-refractivity contribution in [2.24, 2.45) is 17.6 Å². The zero-order valence-corrected chi connectivity index (χ0v) is 19.3. The summed E-state index contributed by atoms with van der Waals surface area (Å²) in [5.41, 5.74) is 4.59. The van der Waals surface area contributed by atoms with Crippen LogP contribution in [0.3, 0.4) is 0 Å². The van der Waals surface area contributed by atoms with Gasteiger partial charge in [-0.25, -0.2) is 4.79 Å². The van der Waals surface area contributed by atoms with E-state index in [0.717, 1.165) is 12.8 Å². The first-order chi connectivity index (χ1) is 14.4. The van der Waals surface area contributed by atoms with Crippen molar-refractivity contribution >= 4 is 12.0 Å². The minimum Gasteiger partial charge on any atom is -0.443 e. The van der Waals surface area contributed by atoms with Crippen molar-refractivity contribution in [2.45, 2.75) is 101 Å². The molecule has 9 heteroatoms. The summed E-state index contributed by atoms with van der Waals surface area (Å²) in [6.45, 7) is 10.5. The summed E-state index contributed by atoms with van der Waals surface area (Å²) in [4.78, 5) is 24.2. The maximum atomic E-state index is 12.6. The highest BCUT2D eigenvalue weighted by Crippen LogP contribution is 2.60. The number of nitrogens with two attached hydrogens (primary N) is 1. The number of primary amides is 1. The fourth-order valence-corrected chi connectivity index (χ4v) is 5.45. The summed E-state index contributed by atoms with van der Waals surface area (Å²) in [5.74, 6) is -0.798. The topological polar surface area (TPSA) is 128 Å². The number of methoxy groups -OCH3 is 1. The third-order valence-electron chi connectivity index (χ3n) is 7.59. The number of nitrogens with one attached hydrogen (secondary N) is 1. The average molecular weight is 441 g/mol. The molecule has 9 nitrogen and oxygen atoms in total. The number of rotatable bonds is 8. The van der Waals surface area contributed by atoms with E-state index in [1.54, 1.807) is 7.11 Å². The van der Waals surface area contributed by atoms with Crippen molar-refractivity contribution in [3.63, 3.8) is 0 Å². The Kier molecular flexibility index (Phi) is 5.56. The van der Waals surface area contributed by atoms with Crippen LogP contribution in [0.15, 0.2) is 0 Å². The molecule has 0 aromatic rings. The molecule has 2 amide bonds. The van der Waals surface area contributed by atoms with E-state index in [1.165, 1.54) is 0 Å². The molecule has 2 unspecified atom stereocenters. The van der Waals surface area contributed by atoms with Crippen molar-refractivity contribution in [2.75, 3.05) is 13.7 Å². The predicted octanol–water partition coefficient (Wildman–Crippen LogP) is 1.51. The Labute approximate surface area is 183 Å². The molecule has 4 rings (SSSR count). The second-order valence-corrected chi connectivity index (χ2v) is 10.5.